The molecule has 0 spiro atoms. The van der Waals surface area contributed by atoms with Gasteiger partial charge in [-0.1, -0.05) is 167 Å². The van der Waals surface area contributed by atoms with Crippen molar-refractivity contribution in [3.8, 4) is 0 Å². The van der Waals surface area contributed by atoms with Crippen molar-refractivity contribution in [1.29, 1.82) is 0 Å². The van der Waals surface area contributed by atoms with Crippen LogP contribution < -0.4 is 5.32 Å². The Kier molecular flexibility index (Phi) is 31.7. The number of aliphatic hydroxyl groups is 1. The van der Waals surface area contributed by atoms with Gasteiger partial charge in [-0.3, -0.25) is 13.8 Å². The minimum absolute atomic E-state index is 0.0642. The van der Waals surface area contributed by atoms with Gasteiger partial charge in [0.05, 0.1) is 39.9 Å². The van der Waals surface area contributed by atoms with Crippen LogP contribution in [0.1, 0.15) is 181 Å². The Labute approximate surface area is 297 Å². The molecule has 0 saturated heterocycles. The van der Waals surface area contributed by atoms with Crippen LogP contribution in [0.25, 0.3) is 0 Å². The largest absolute Gasteiger partial charge is 0.472 e. The third kappa shape index (κ3) is 33.7. The number of hydrogen-bond acceptors (Lipinski definition) is 5. The molecule has 9 heteroatoms. The van der Waals surface area contributed by atoms with Crippen molar-refractivity contribution in [1.82, 2.24) is 5.32 Å². The van der Waals surface area contributed by atoms with E-state index in [1.807, 2.05) is 27.2 Å². The summed E-state index contributed by atoms with van der Waals surface area (Å²) in [4.78, 5) is 23.0. The molecule has 0 radical (unpaired) electrons. The molecule has 0 aromatic heterocycles. The number of nitrogens with one attached hydrogen (secondary N) is 1. The maximum Gasteiger partial charge on any atom is 0.472 e. The number of amides is 1. The second kappa shape index (κ2) is 32.2. The summed E-state index contributed by atoms with van der Waals surface area (Å²) >= 11 is 0. The summed E-state index contributed by atoms with van der Waals surface area (Å²) in [5.41, 5.74) is 0. The van der Waals surface area contributed by atoms with Gasteiger partial charge in [0, 0.05) is 6.42 Å². The van der Waals surface area contributed by atoms with Crippen molar-refractivity contribution in [3.63, 3.8) is 0 Å². The zero-order valence-electron chi connectivity index (χ0n) is 32.2. The van der Waals surface area contributed by atoms with Gasteiger partial charge in [-0.15, -0.1) is 0 Å². The van der Waals surface area contributed by atoms with Crippen LogP contribution in [0.2, 0.25) is 0 Å². The highest BCUT2D eigenvalue weighted by atomic mass is 31.2. The maximum absolute atomic E-state index is 12.8. The lowest BCUT2D eigenvalue weighted by atomic mass is 10.0. The van der Waals surface area contributed by atoms with Crippen molar-refractivity contribution < 1.29 is 32.9 Å². The number of nitrogens with zero attached hydrogens (tertiary/aromatic N) is 1. The third-order valence-electron chi connectivity index (χ3n) is 9.01. The average molecular weight is 704 g/mol. The van der Waals surface area contributed by atoms with Crippen molar-refractivity contribution in [2.75, 3.05) is 40.9 Å². The van der Waals surface area contributed by atoms with E-state index < -0.39 is 20.0 Å². The summed E-state index contributed by atoms with van der Waals surface area (Å²) in [6.45, 7) is 4.79. The predicted octanol–water partition coefficient (Wildman–Crippen LogP) is 10.4. The molecule has 0 heterocycles. The van der Waals surface area contributed by atoms with E-state index in [1.165, 1.54) is 122 Å². The summed E-state index contributed by atoms with van der Waals surface area (Å²) in [7, 11) is 1.58. The normalized spacial score (nSPS) is 14.7. The molecule has 3 unspecified atom stereocenters. The number of likely N-dealkylation sites (N-methyl/N-ethyl adjacent to an activating group) is 1. The fourth-order valence-corrected chi connectivity index (χ4v) is 6.48. The minimum atomic E-state index is -4.32. The lowest BCUT2D eigenvalue weighted by molar-refractivity contribution is -0.870. The lowest BCUT2D eigenvalue weighted by Gasteiger charge is -2.25. The molecule has 0 aromatic carbocycles. The van der Waals surface area contributed by atoms with E-state index in [2.05, 4.69) is 19.2 Å². The molecule has 1 amide bonds. The van der Waals surface area contributed by atoms with Gasteiger partial charge in [0.2, 0.25) is 5.91 Å². The van der Waals surface area contributed by atoms with E-state index >= 15 is 0 Å². The summed E-state index contributed by atoms with van der Waals surface area (Å²) in [6.07, 6.45) is 34.1. The van der Waals surface area contributed by atoms with E-state index in [0.717, 1.165) is 38.5 Å². The summed E-state index contributed by atoms with van der Waals surface area (Å²) in [5.74, 6) is -0.179. The van der Waals surface area contributed by atoms with Crippen LogP contribution in [0.15, 0.2) is 12.2 Å². The minimum Gasteiger partial charge on any atom is -0.387 e. The molecule has 48 heavy (non-hydrogen) atoms. The van der Waals surface area contributed by atoms with Crippen LogP contribution in [-0.4, -0.2) is 73.4 Å². The molecule has 0 rings (SSSR count). The quantitative estimate of drug-likeness (QED) is 0.0260. The highest BCUT2D eigenvalue weighted by Gasteiger charge is 2.27. The van der Waals surface area contributed by atoms with Crippen molar-refractivity contribution >= 4 is 13.7 Å². The van der Waals surface area contributed by atoms with Gasteiger partial charge >= 0.3 is 7.82 Å². The first-order chi connectivity index (χ1) is 23.0. The molecule has 0 aliphatic heterocycles. The van der Waals surface area contributed by atoms with Crippen LogP contribution >= 0.6 is 7.82 Å². The molecule has 0 bridgehead atoms. The SMILES string of the molecule is CCCCCCCCCCCCCCCC/C=C/C(O)C(COP(=O)(O)OCC[N+](C)(C)C)NC(=O)CCCCCCCCCCCC. The first kappa shape index (κ1) is 47.2. The molecule has 0 fully saturated rings. The fourth-order valence-electron chi connectivity index (χ4n) is 5.75. The number of quaternary nitrogens is 1. The average Bonchev–Trinajstić information content (AvgIpc) is 3.02. The molecule has 0 saturated carbocycles. The predicted molar refractivity (Wildman–Crippen MR) is 203 cm³/mol. The van der Waals surface area contributed by atoms with Crippen molar-refractivity contribution in [2.45, 2.75) is 193 Å². The van der Waals surface area contributed by atoms with E-state index in [0.29, 0.717) is 17.4 Å². The first-order valence-electron chi connectivity index (χ1n) is 20.1. The van der Waals surface area contributed by atoms with Crippen LogP contribution in [-0.2, 0) is 18.4 Å². The molecule has 3 N–H and O–H groups in total. The maximum atomic E-state index is 12.8. The Hall–Kier alpha value is -0.760. The highest BCUT2D eigenvalue weighted by molar-refractivity contribution is 7.47. The second-order valence-corrected chi connectivity index (χ2v) is 16.5. The van der Waals surface area contributed by atoms with E-state index in [4.69, 9.17) is 9.05 Å². The Bertz CT molecular complexity index is 804. The number of rotatable bonds is 36. The van der Waals surface area contributed by atoms with Gasteiger partial charge in [0.25, 0.3) is 0 Å². The number of carbonyl (C=O) groups excluding carboxylic acids is 1. The highest BCUT2D eigenvalue weighted by Crippen LogP contribution is 2.43. The Morgan fingerprint density at radius 1 is 0.688 bits per heavy atom. The Balaban J connectivity index is 4.47. The number of phosphoric ester groups is 1. The number of allylic oxidation sites excluding steroid dienone is 1. The monoisotopic (exact) mass is 704 g/mol. The van der Waals surface area contributed by atoms with Crippen LogP contribution in [0.3, 0.4) is 0 Å². The van der Waals surface area contributed by atoms with Gasteiger partial charge in [0.1, 0.15) is 13.2 Å². The molecule has 0 aromatic rings. The number of unbranched alkanes of at least 4 members (excludes halogenated alkanes) is 23. The van der Waals surface area contributed by atoms with E-state index in [-0.39, 0.29) is 19.1 Å². The Morgan fingerprint density at radius 3 is 1.54 bits per heavy atom. The van der Waals surface area contributed by atoms with E-state index in [1.54, 1.807) is 6.08 Å². The van der Waals surface area contributed by atoms with Crippen LogP contribution in [0.4, 0.5) is 0 Å². The molecule has 0 aliphatic carbocycles. The Morgan fingerprint density at radius 2 is 1.10 bits per heavy atom. The van der Waals surface area contributed by atoms with Gasteiger partial charge in [-0.25, -0.2) is 4.57 Å². The van der Waals surface area contributed by atoms with Gasteiger partial charge < -0.3 is 19.8 Å². The number of aliphatic hydroxyl groups excluding tert-OH is 1. The zero-order chi connectivity index (χ0) is 35.8. The molecule has 3 atom stereocenters. The van der Waals surface area contributed by atoms with Gasteiger partial charge in [-0.2, -0.15) is 0 Å². The van der Waals surface area contributed by atoms with Crippen molar-refractivity contribution in [2.24, 2.45) is 0 Å². The fraction of sp³-hybridized carbons (Fsp3) is 0.923. The summed E-state index contributed by atoms with van der Waals surface area (Å²) in [5, 5.41) is 13.8. The molecule has 286 valence electrons. The third-order valence-corrected chi connectivity index (χ3v) is 9.99. The molecular weight excluding hydrogens is 623 g/mol. The number of carbonyl (C=O) groups is 1. The smallest absolute Gasteiger partial charge is 0.387 e. The molecule has 0 aliphatic rings. The first-order valence-corrected chi connectivity index (χ1v) is 21.6. The van der Waals surface area contributed by atoms with Crippen LogP contribution in [0.5, 0.6) is 0 Å². The summed E-state index contributed by atoms with van der Waals surface area (Å²) < 4.78 is 23.5. The molecular formula is C39H80N2O6P+. The van der Waals surface area contributed by atoms with Gasteiger partial charge in [0.15, 0.2) is 0 Å². The van der Waals surface area contributed by atoms with Gasteiger partial charge in [-0.05, 0) is 19.3 Å². The van der Waals surface area contributed by atoms with Crippen molar-refractivity contribution in [3.05, 3.63) is 12.2 Å². The van der Waals surface area contributed by atoms with Crippen LogP contribution in [0, 0.1) is 0 Å². The summed E-state index contributed by atoms with van der Waals surface area (Å²) in [6, 6.07) is -0.837. The molecule has 8 nitrogen and oxygen atoms in total. The number of phosphoric acid groups is 1. The topological polar surface area (TPSA) is 105 Å². The van der Waals surface area contributed by atoms with E-state index in [9.17, 15) is 19.4 Å². The number of hydrogen-bond donors (Lipinski definition) is 3. The zero-order valence-corrected chi connectivity index (χ0v) is 33.1. The lowest BCUT2D eigenvalue weighted by Crippen LogP contribution is -2.45. The second-order valence-electron chi connectivity index (χ2n) is 15.0. The standard InChI is InChI=1S/C39H79N2O6P/c1-6-8-10-12-14-16-18-19-20-21-22-23-24-26-28-30-32-38(42)37(36-47-48(44,45)46-35-34-41(3,4)5)40-39(43)33-31-29-27-25-17-15-13-11-9-7-2/h30,32,37-38,42H,6-29,31,33-36H2,1-5H3,(H-,40,43,44,45)/p+1/b32-30+.